The molecule has 2 heterocycles. The summed E-state index contributed by atoms with van der Waals surface area (Å²) in [5.74, 6) is 0. The smallest absolute Gasteiger partial charge is 0.242 e. The van der Waals surface area contributed by atoms with E-state index in [1.165, 1.54) is 0 Å². The molecule has 5 nitrogen and oxygen atoms in total. The number of nitrogens with zero attached hydrogens (tertiary/aromatic N) is 1. The molecule has 6 heteroatoms. The zero-order chi connectivity index (χ0) is 14.9. The van der Waals surface area contributed by atoms with E-state index in [1.807, 2.05) is 30.5 Å². The molecule has 0 saturated carbocycles. The Morgan fingerprint density at radius 1 is 1.24 bits per heavy atom. The summed E-state index contributed by atoms with van der Waals surface area (Å²) in [4.78, 5) is 3.49. The van der Waals surface area contributed by atoms with E-state index < -0.39 is 10.0 Å². The number of para-hydroxylation sites is 1. The molecule has 3 rings (SSSR count). The molecule has 21 heavy (non-hydrogen) atoms. The fraction of sp³-hybridized carbons (Fsp3) is 0.200. The van der Waals surface area contributed by atoms with E-state index in [2.05, 4.69) is 9.71 Å². The molecular formula is C15H17N3O2S. The maximum absolute atomic E-state index is 12.1. The number of nitrogens with one attached hydrogen (secondary N) is 2. The third-order valence-electron chi connectivity index (χ3n) is 3.48. The van der Waals surface area contributed by atoms with Gasteiger partial charge in [-0.05, 0) is 24.1 Å². The Bertz CT molecular complexity index is 862. The van der Waals surface area contributed by atoms with Crippen LogP contribution in [0.25, 0.3) is 10.9 Å². The predicted octanol–water partition coefficient (Wildman–Crippen LogP) is 2.03. The number of hydrogen-bond acceptors (Lipinski definition) is 2. The molecule has 1 aromatic carbocycles. The van der Waals surface area contributed by atoms with Crippen molar-refractivity contribution in [3.05, 3.63) is 54.5 Å². The van der Waals surface area contributed by atoms with Gasteiger partial charge in [-0.1, -0.05) is 18.2 Å². The van der Waals surface area contributed by atoms with Crippen molar-refractivity contribution < 1.29 is 8.42 Å². The molecule has 110 valence electrons. The van der Waals surface area contributed by atoms with E-state index >= 15 is 0 Å². The van der Waals surface area contributed by atoms with Crippen LogP contribution in [0.15, 0.2) is 53.8 Å². The van der Waals surface area contributed by atoms with Gasteiger partial charge in [0, 0.05) is 43.1 Å². The second-order valence-corrected chi connectivity index (χ2v) is 6.79. The number of H-pyrrole nitrogens is 1. The molecule has 0 fully saturated rings. The van der Waals surface area contributed by atoms with Crippen LogP contribution in [0.3, 0.4) is 0 Å². The van der Waals surface area contributed by atoms with Crippen LogP contribution < -0.4 is 4.72 Å². The molecule has 2 N–H and O–H groups in total. The topological polar surface area (TPSA) is 66.9 Å². The lowest BCUT2D eigenvalue weighted by Gasteiger charge is -2.04. The van der Waals surface area contributed by atoms with Crippen molar-refractivity contribution in [1.29, 1.82) is 0 Å². The SMILES string of the molecule is Cn1ccc(S(=O)(=O)NCCc2c[nH]c3ccccc23)c1. The average molecular weight is 303 g/mol. The van der Waals surface area contributed by atoms with E-state index in [1.54, 1.807) is 30.1 Å². The lowest BCUT2D eigenvalue weighted by Crippen LogP contribution is -2.25. The second kappa shape index (κ2) is 5.38. The van der Waals surface area contributed by atoms with Gasteiger partial charge in [-0.25, -0.2) is 13.1 Å². The van der Waals surface area contributed by atoms with Crippen molar-refractivity contribution in [3.63, 3.8) is 0 Å². The first-order valence-electron chi connectivity index (χ1n) is 6.73. The molecule has 0 unspecified atom stereocenters. The molecule has 0 atom stereocenters. The van der Waals surface area contributed by atoms with Gasteiger partial charge in [0.1, 0.15) is 0 Å². The standard InChI is InChI=1S/C15H17N3O2S/c1-18-9-7-13(11-18)21(19,20)17-8-6-12-10-16-15-5-3-2-4-14(12)15/h2-5,7,9-11,16-17H,6,8H2,1H3. The van der Waals surface area contributed by atoms with Gasteiger partial charge >= 0.3 is 0 Å². The first-order chi connectivity index (χ1) is 10.1. The minimum atomic E-state index is -3.43. The van der Waals surface area contributed by atoms with Crippen molar-refractivity contribution in [3.8, 4) is 0 Å². The number of sulfonamides is 1. The Morgan fingerprint density at radius 2 is 2.05 bits per heavy atom. The van der Waals surface area contributed by atoms with E-state index in [4.69, 9.17) is 0 Å². The minimum absolute atomic E-state index is 0.295. The summed E-state index contributed by atoms with van der Waals surface area (Å²) in [6, 6.07) is 9.59. The normalized spacial score (nSPS) is 12.0. The molecule has 0 aliphatic carbocycles. The van der Waals surface area contributed by atoms with Crippen molar-refractivity contribution in [1.82, 2.24) is 14.3 Å². The molecule has 0 amide bonds. The van der Waals surface area contributed by atoms with Gasteiger partial charge < -0.3 is 9.55 Å². The summed E-state index contributed by atoms with van der Waals surface area (Å²) in [6.07, 6.45) is 5.89. The van der Waals surface area contributed by atoms with Gasteiger partial charge in [-0.3, -0.25) is 0 Å². The Morgan fingerprint density at radius 3 is 2.81 bits per heavy atom. The maximum atomic E-state index is 12.1. The molecule has 3 aromatic rings. The van der Waals surface area contributed by atoms with Gasteiger partial charge in [0.2, 0.25) is 10.0 Å². The Hall–Kier alpha value is -2.05. The van der Waals surface area contributed by atoms with Gasteiger partial charge in [-0.2, -0.15) is 0 Å². The monoisotopic (exact) mass is 303 g/mol. The van der Waals surface area contributed by atoms with E-state index in [0.717, 1.165) is 16.5 Å². The lowest BCUT2D eigenvalue weighted by atomic mass is 10.1. The summed E-state index contributed by atoms with van der Waals surface area (Å²) in [6.45, 7) is 0.374. The molecule has 0 aliphatic heterocycles. The van der Waals surface area contributed by atoms with E-state index in [9.17, 15) is 8.42 Å². The highest BCUT2D eigenvalue weighted by Crippen LogP contribution is 2.18. The molecule has 0 saturated heterocycles. The second-order valence-electron chi connectivity index (χ2n) is 5.02. The Kier molecular flexibility index (Phi) is 3.57. The maximum Gasteiger partial charge on any atom is 0.242 e. The lowest BCUT2D eigenvalue weighted by molar-refractivity contribution is 0.581. The van der Waals surface area contributed by atoms with Gasteiger partial charge in [0.05, 0.1) is 4.90 Å². The average Bonchev–Trinajstić information content (AvgIpc) is 3.06. The molecule has 0 bridgehead atoms. The first-order valence-corrected chi connectivity index (χ1v) is 8.21. The zero-order valence-electron chi connectivity index (χ0n) is 11.7. The fourth-order valence-corrected chi connectivity index (χ4v) is 3.46. The van der Waals surface area contributed by atoms with Gasteiger partial charge in [0.25, 0.3) is 0 Å². The van der Waals surface area contributed by atoms with Crippen LogP contribution in [0.5, 0.6) is 0 Å². The van der Waals surface area contributed by atoms with Crippen LogP contribution >= 0.6 is 0 Å². The first kappa shape index (κ1) is 13.9. The molecule has 2 aromatic heterocycles. The highest BCUT2D eigenvalue weighted by Gasteiger charge is 2.14. The number of aryl methyl sites for hydroxylation is 1. The quantitative estimate of drug-likeness (QED) is 0.757. The van der Waals surface area contributed by atoms with Crippen molar-refractivity contribution in [2.24, 2.45) is 7.05 Å². The molecule has 0 radical (unpaired) electrons. The Balaban J connectivity index is 1.69. The predicted molar refractivity (Wildman–Crippen MR) is 82.6 cm³/mol. The van der Waals surface area contributed by atoms with Crippen LogP contribution in [0, 0.1) is 0 Å². The van der Waals surface area contributed by atoms with Crippen molar-refractivity contribution in [2.45, 2.75) is 11.3 Å². The third-order valence-corrected chi connectivity index (χ3v) is 4.92. The fourth-order valence-electron chi connectivity index (χ4n) is 2.38. The van der Waals surface area contributed by atoms with Gasteiger partial charge in [-0.15, -0.1) is 0 Å². The largest absolute Gasteiger partial charge is 0.361 e. The van der Waals surface area contributed by atoms with Crippen LogP contribution in [-0.2, 0) is 23.5 Å². The van der Waals surface area contributed by atoms with Crippen LogP contribution in [0.2, 0.25) is 0 Å². The summed E-state index contributed by atoms with van der Waals surface area (Å²) >= 11 is 0. The summed E-state index contributed by atoms with van der Waals surface area (Å²) < 4.78 is 28.6. The van der Waals surface area contributed by atoms with Crippen molar-refractivity contribution in [2.75, 3.05) is 6.54 Å². The molecule has 0 aliphatic rings. The highest BCUT2D eigenvalue weighted by molar-refractivity contribution is 7.89. The molecular weight excluding hydrogens is 286 g/mol. The third kappa shape index (κ3) is 2.86. The number of benzene rings is 1. The zero-order valence-corrected chi connectivity index (χ0v) is 12.5. The molecule has 0 spiro atoms. The van der Waals surface area contributed by atoms with E-state index in [0.29, 0.717) is 17.9 Å². The number of fused-ring (bicyclic) bond motifs is 1. The van der Waals surface area contributed by atoms with Crippen LogP contribution in [-0.4, -0.2) is 24.5 Å². The summed E-state index contributed by atoms with van der Waals surface area (Å²) in [5, 5.41) is 1.14. The van der Waals surface area contributed by atoms with Gasteiger partial charge in [0.15, 0.2) is 0 Å². The number of hydrogen-bond donors (Lipinski definition) is 2. The van der Waals surface area contributed by atoms with Crippen LogP contribution in [0.1, 0.15) is 5.56 Å². The number of aromatic amines is 1. The van der Waals surface area contributed by atoms with Crippen molar-refractivity contribution >= 4 is 20.9 Å². The number of aromatic nitrogens is 2. The van der Waals surface area contributed by atoms with Crippen LogP contribution in [0.4, 0.5) is 0 Å². The summed E-state index contributed by atoms with van der Waals surface area (Å²) in [7, 11) is -1.63. The highest BCUT2D eigenvalue weighted by atomic mass is 32.2. The Labute approximate surface area is 123 Å². The van der Waals surface area contributed by atoms with E-state index in [-0.39, 0.29) is 0 Å². The minimum Gasteiger partial charge on any atom is -0.361 e. The number of rotatable bonds is 5. The summed E-state index contributed by atoms with van der Waals surface area (Å²) in [5.41, 5.74) is 2.18.